The molecule has 0 aliphatic carbocycles. The summed E-state index contributed by atoms with van der Waals surface area (Å²) in [6, 6.07) is 29.9. The zero-order chi connectivity index (χ0) is 22.0. The minimum atomic E-state index is -0.592. The van der Waals surface area contributed by atoms with Crippen LogP contribution in [0.25, 0.3) is 0 Å². The number of fused-ring (bicyclic) bond motifs is 3. The summed E-state index contributed by atoms with van der Waals surface area (Å²) in [6.45, 7) is 0.803. The molecule has 3 aromatic rings. The van der Waals surface area contributed by atoms with Crippen LogP contribution in [0.1, 0.15) is 29.3 Å². The van der Waals surface area contributed by atoms with E-state index in [1.807, 2.05) is 91.0 Å². The van der Waals surface area contributed by atoms with Crippen LogP contribution in [0.4, 0.5) is 0 Å². The molecule has 170 valence electrons. The van der Waals surface area contributed by atoms with Crippen molar-refractivity contribution in [1.82, 2.24) is 0 Å². The first-order valence-corrected chi connectivity index (χ1v) is 11.3. The molecule has 3 fully saturated rings. The van der Waals surface area contributed by atoms with Gasteiger partial charge in [-0.3, -0.25) is 0 Å². The van der Waals surface area contributed by atoms with Gasteiger partial charge in [0, 0.05) is 11.1 Å². The third-order valence-corrected chi connectivity index (χ3v) is 6.25. The summed E-state index contributed by atoms with van der Waals surface area (Å²) in [6.07, 6.45) is -2.99. The summed E-state index contributed by atoms with van der Waals surface area (Å²) < 4.78 is 37.7. The van der Waals surface area contributed by atoms with Crippen molar-refractivity contribution < 1.29 is 28.4 Å². The Morgan fingerprint density at radius 1 is 0.606 bits per heavy atom. The van der Waals surface area contributed by atoms with Crippen molar-refractivity contribution >= 4 is 0 Å². The summed E-state index contributed by atoms with van der Waals surface area (Å²) in [7, 11) is 0. The van der Waals surface area contributed by atoms with Gasteiger partial charge in [0.1, 0.15) is 24.4 Å². The third kappa shape index (κ3) is 4.34. The van der Waals surface area contributed by atoms with Crippen molar-refractivity contribution in [3.05, 3.63) is 108 Å². The normalized spacial score (nSPS) is 33.3. The molecule has 6 rings (SSSR count). The van der Waals surface area contributed by atoms with Gasteiger partial charge in [0.2, 0.25) is 0 Å². The molecule has 3 aliphatic heterocycles. The smallest absolute Gasteiger partial charge is 0.187 e. The minimum Gasteiger partial charge on any atom is -0.346 e. The fourth-order valence-corrected chi connectivity index (χ4v) is 4.60. The zero-order valence-electron chi connectivity index (χ0n) is 18.1. The van der Waals surface area contributed by atoms with Gasteiger partial charge in [0.25, 0.3) is 0 Å². The first-order chi connectivity index (χ1) is 16.3. The van der Waals surface area contributed by atoms with Crippen molar-refractivity contribution in [3.63, 3.8) is 0 Å². The van der Waals surface area contributed by atoms with Crippen LogP contribution in [0.5, 0.6) is 0 Å². The molecule has 0 aromatic heterocycles. The van der Waals surface area contributed by atoms with E-state index in [9.17, 15) is 0 Å². The Labute approximate surface area is 192 Å². The van der Waals surface area contributed by atoms with Crippen LogP contribution < -0.4 is 0 Å². The van der Waals surface area contributed by atoms with E-state index < -0.39 is 25.0 Å². The van der Waals surface area contributed by atoms with Crippen molar-refractivity contribution in [2.75, 3.05) is 6.61 Å². The SMILES string of the molecule is c1ccc(CO[C@H]2O[C@@H]3CO[C@H](c4ccccc4)O[C@H]3[C@@H]3O[C@H](c4ccccc4)O[C@H]23)cc1. The molecule has 33 heavy (non-hydrogen) atoms. The van der Waals surface area contributed by atoms with Crippen LogP contribution in [0.15, 0.2) is 91.0 Å². The topological polar surface area (TPSA) is 55.4 Å². The lowest BCUT2D eigenvalue weighted by atomic mass is 9.98. The van der Waals surface area contributed by atoms with E-state index in [0.29, 0.717) is 13.2 Å². The highest BCUT2D eigenvalue weighted by Crippen LogP contribution is 2.43. The molecule has 6 nitrogen and oxygen atoms in total. The molecule has 3 saturated heterocycles. The highest BCUT2D eigenvalue weighted by atomic mass is 16.8. The first kappa shape index (κ1) is 21.0. The third-order valence-electron chi connectivity index (χ3n) is 6.25. The molecule has 0 amide bonds. The second kappa shape index (κ2) is 9.35. The first-order valence-electron chi connectivity index (χ1n) is 11.3. The van der Waals surface area contributed by atoms with Crippen LogP contribution >= 0.6 is 0 Å². The molecule has 3 aromatic carbocycles. The molecule has 6 heteroatoms. The standard InChI is InChI=1S/C27H26O6/c1-4-10-18(11-5-1)16-28-27-24-23(32-26(33-24)20-14-8-3-9-15-20)22-21(30-27)17-29-25(31-22)19-12-6-2-7-13-19/h1-15,21-27H,16-17H2/t21-,22-,23+,24+,25+,26+,27+/m1/s1. The molecule has 0 N–H and O–H groups in total. The van der Waals surface area contributed by atoms with Crippen LogP contribution in [0.2, 0.25) is 0 Å². The second-order valence-corrected chi connectivity index (χ2v) is 8.46. The summed E-state index contributed by atoms with van der Waals surface area (Å²) in [5.74, 6) is 0. The summed E-state index contributed by atoms with van der Waals surface area (Å²) in [4.78, 5) is 0. The zero-order valence-corrected chi connectivity index (χ0v) is 18.1. The largest absolute Gasteiger partial charge is 0.346 e. The Balaban J connectivity index is 1.24. The average Bonchev–Trinajstić information content (AvgIpc) is 3.35. The molecular formula is C27H26O6. The van der Waals surface area contributed by atoms with E-state index in [0.717, 1.165) is 16.7 Å². The van der Waals surface area contributed by atoms with Gasteiger partial charge < -0.3 is 28.4 Å². The Morgan fingerprint density at radius 3 is 1.88 bits per heavy atom. The van der Waals surface area contributed by atoms with E-state index in [1.54, 1.807) is 0 Å². The lowest BCUT2D eigenvalue weighted by Crippen LogP contribution is -2.61. The summed E-state index contributed by atoms with van der Waals surface area (Å²) in [5.41, 5.74) is 2.99. The van der Waals surface area contributed by atoms with Crippen molar-refractivity contribution in [1.29, 1.82) is 0 Å². The monoisotopic (exact) mass is 446 g/mol. The highest BCUT2D eigenvalue weighted by molar-refractivity contribution is 5.19. The van der Waals surface area contributed by atoms with Crippen molar-refractivity contribution in [2.24, 2.45) is 0 Å². The lowest BCUT2D eigenvalue weighted by molar-refractivity contribution is -0.348. The Morgan fingerprint density at radius 2 is 1.18 bits per heavy atom. The van der Waals surface area contributed by atoms with Gasteiger partial charge in [-0.15, -0.1) is 0 Å². The van der Waals surface area contributed by atoms with E-state index in [-0.39, 0.29) is 18.3 Å². The summed E-state index contributed by atoms with van der Waals surface area (Å²) >= 11 is 0. The molecule has 0 spiro atoms. The van der Waals surface area contributed by atoms with E-state index in [1.165, 1.54) is 0 Å². The Kier molecular flexibility index (Phi) is 5.94. The summed E-state index contributed by atoms with van der Waals surface area (Å²) in [5, 5.41) is 0. The van der Waals surface area contributed by atoms with Gasteiger partial charge in [-0.2, -0.15) is 0 Å². The van der Waals surface area contributed by atoms with Gasteiger partial charge >= 0.3 is 0 Å². The number of benzene rings is 3. The van der Waals surface area contributed by atoms with Crippen LogP contribution in [0, 0.1) is 0 Å². The van der Waals surface area contributed by atoms with Crippen molar-refractivity contribution in [3.8, 4) is 0 Å². The number of hydrogen-bond acceptors (Lipinski definition) is 6. The maximum atomic E-state index is 6.42. The predicted molar refractivity (Wildman–Crippen MR) is 119 cm³/mol. The number of hydrogen-bond donors (Lipinski definition) is 0. The molecule has 0 saturated carbocycles. The van der Waals surface area contributed by atoms with Gasteiger partial charge in [0.15, 0.2) is 18.9 Å². The van der Waals surface area contributed by atoms with E-state index >= 15 is 0 Å². The van der Waals surface area contributed by atoms with Gasteiger partial charge in [0.05, 0.1) is 13.2 Å². The fourth-order valence-electron chi connectivity index (χ4n) is 4.60. The Bertz CT molecular complexity index is 1030. The van der Waals surface area contributed by atoms with E-state index in [4.69, 9.17) is 28.4 Å². The number of rotatable bonds is 5. The Hall–Kier alpha value is -2.58. The molecule has 0 bridgehead atoms. The quantitative estimate of drug-likeness (QED) is 0.574. The lowest BCUT2D eigenvalue weighted by Gasteiger charge is -2.45. The van der Waals surface area contributed by atoms with Crippen molar-refractivity contribution in [2.45, 2.75) is 49.9 Å². The second-order valence-electron chi connectivity index (χ2n) is 8.46. The van der Waals surface area contributed by atoms with Crippen LogP contribution in [0.3, 0.4) is 0 Å². The molecule has 0 radical (unpaired) electrons. The maximum Gasteiger partial charge on any atom is 0.187 e. The average molecular weight is 446 g/mol. The maximum absolute atomic E-state index is 6.42. The molecule has 3 heterocycles. The van der Waals surface area contributed by atoms with Gasteiger partial charge in [-0.05, 0) is 5.56 Å². The molecule has 7 atom stereocenters. The fraction of sp³-hybridized carbons (Fsp3) is 0.333. The van der Waals surface area contributed by atoms with Gasteiger partial charge in [-0.1, -0.05) is 91.0 Å². The molecule has 3 aliphatic rings. The molecule has 0 unspecified atom stereocenters. The number of ether oxygens (including phenoxy) is 6. The van der Waals surface area contributed by atoms with Crippen LogP contribution in [-0.4, -0.2) is 37.3 Å². The minimum absolute atomic E-state index is 0.315. The van der Waals surface area contributed by atoms with Crippen LogP contribution in [-0.2, 0) is 35.0 Å². The van der Waals surface area contributed by atoms with E-state index in [2.05, 4.69) is 0 Å². The van der Waals surface area contributed by atoms with Gasteiger partial charge in [-0.25, -0.2) is 0 Å². The predicted octanol–water partition coefficient (Wildman–Crippen LogP) is 4.53. The molecular weight excluding hydrogens is 420 g/mol. The highest BCUT2D eigenvalue weighted by Gasteiger charge is 2.56.